The van der Waals surface area contributed by atoms with Crippen molar-refractivity contribution >= 4 is 29.8 Å². The van der Waals surface area contributed by atoms with E-state index in [0.717, 1.165) is 0 Å². The Labute approximate surface area is 72.9 Å². The van der Waals surface area contributed by atoms with E-state index in [4.69, 9.17) is 22.5 Å². The smallest absolute Gasteiger partial charge is 0.0704 e. The van der Waals surface area contributed by atoms with Gasteiger partial charge in [0.05, 0.1) is 0 Å². The van der Waals surface area contributed by atoms with E-state index in [1.54, 1.807) is 0 Å². The fraction of sp³-hybridized carbons (Fsp3) is 0.143. The summed E-state index contributed by atoms with van der Waals surface area (Å²) in [5, 5.41) is 0. The molecule has 0 heterocycles. The summed E-state index contributed by atoms with van der Waals surface area (Å²) >= 11 is 9.47. The summed E-state index contributed by atoms with van der Waals surface area (Å²) in [7, 11) is 0.361. The van der Waals surface area contributed by atoms with Crippen molar-refractivity contribution in [1.29, 1.82) is 0 Å². The minimum absolute atomic E-state index is 0.361. The second kappa shape index (κ2) is 7.34. The second-order valence-electron chi connectivity index (χ2n) is 1.72. The van der Waals surface area contributed by atoms with Crippen molar-refractivity contribution in [2.45, 2.75) is 6.92 Å². The van der Waals surface area contributed by atoms with Gasteiger partial charge in [-0.25, -0.2) is 0 Å². The third-order valence-electron chi connectivity index (χ3n) is 0.940. The first kappa shape index (κ1) is 10.2. The van der Waals surface area contributed by atoms with Gasteiger partial charge in [-0.3, -0.25) is 0 Å². The number of benzene rings is 1. The fourth-order valence-electron chi connectivity index (χ4n) is 0.534. The zero-order chi connectivity index (χ0) is 7.82. The Bertz CT molecular complexity index is 153. The SMILES string of the molecule is Cc1ccccc1.Cl[P]Cl. The summed E-state index contributed by atoms with van der Waals surface area (Å²) in [6, 6.07) is 10.3. The average molecular weight is 194 g/mol. The highest BCUT2D eigenvalue weighted by molar-refractivity contribution is 7.90. The molecular formula is C7H8Cl2P. The number of hydrogen-bond acceptors (Lipinski definition) is 0. The van der Waals surface area contributed by atoms with E-state index in [-0.39, 0.29) is 0 Å². The maximum absolute atomic E-state index is 4.74. The average Bonchev–Trinajstić information content (AvgIpc) is 1.91. The van der Waals surface area contributed by atoms with Crippen LogP contribution < -0.4 is 0 Å². The fourth-order valence-corrected chi connectivity index (χ4v) is 0.534. The third kappa shape index (κ3) is 6.35. The van der Waals surface area contributed by atoms with Gasteiger partial charge in [0.2, 0.25) is 0 Å². The first-order chi connectivity index (χ1) is 4.81. The van der Waals surface area contributed by atoms with Crippen molar-refractivity contribution < 1.29 is 0 Å². The zero-order valence-electron chi connectivity index (χ0n) is 5.59. The zero-order valence-corrected chi connectivity index (χ0v) is 8.00. The summed E-state index contributed by atoms with van der Waals surface area (Å²) in [6.45, 7) is 2.08. The Morgan fingerprint density at radius 2 is 1.50 bits per heavy atom. The van der Waals surface area contributed by atoms with Gasteiger partial charge < -0.3 is 0 Å². The van der Waals surface area contributed by atoms with E-state index in [1.807, 2.05) is 18.2 Å². The van der Waals surface area contributed by atoms with Gasteiger partial charge in [0, 0.05) is 0 Å². The monoisotopic (exact) mass is 193 g/mol. The van der Waals surface area contributed by atoms with Crippen LogP contribution in [0.25, 0.3) is 0 Å². The molecule has 0 aliphatic heterocycles. The molecule has 1 rings (SSSR count). The molecule has 3 heteroatoms. The molecule has 0 fully saturated rings. The highest BCUT2D eigenvalue weighted by Gasteiger charge is 1.72. The number of hydrogen-bond donors (Lipinski definition) is 0. The lowest BCUT2D eigenvalue weighted by Crippen LogP contribution is -1.62. The van der Waals surface area contributed by atoms with Crippen LogP contribution in [0.4, 0.5) is 0 Å². The second-order valence-corrected chi connectivity index (χ2v) is 3.38. The molecular weight excluding hydrogens is 186 g/mol. The van der Waals surface area contributed by atoms with Crippen LogP contribution in [-0.4, -0.2) is 0 Å². The molecule has 0 unspecified atom stereocenters. The van der Waals surface area contributed by atoms with Crippen molar-refractivity contribution in [2.75, 3.05) is 0 Å². The lowest BCUT2D eigenvalue weighted by atomic mass is 10.2. The van der Waals surface area contributed by atoms with E-state index in [0.29, 0.717) is 7.29 Å². The summed E-state index contributed by atoms with van der Waals surface area (Å²) in [6.07, 6.45) is 0. The van der Waals surface area contributed by atoms with Crippen molar-refractivity contribution in [3.8, 4) is 0 Å². The van der Waals surface area contributed by atoms with Gasteiger partial charge in [-0.2, -0.15) is 0 Å². The molecule has 0 spiro atoms. The topological polar surface area (TPSA) is 0 Å². The molecule has 0 atom stereocenters. The van der Waals surface area contributed by atoms with Crippen LogP contribution in [0.15, 0.2) is 30.3 Å². The Kier molecular flexibility index (Phi) is 7.51. The first-order valence-electron chi connectivity index (χ1n) is 2.75. The molecule has 0 saturated carbocycles. The molecule has 1 radical (unpaired) electrons. The van der Waals surface area contributed by atoms with E-state index in [9.17, 15) is 0 Å². The molecule has 10 heavy (non-hydrogen) atoms. The van der Waals surface area contributed by atoms with E-state index >= 15 is 0 Å². The lowest BCUT2D eigenvalue weighted by molar-refractivity contribution is 1.48. The Morgan fingerprint density at radius 1 is 1.10 bits per heavy atom. The maximum atomic E-state index is 4.74. The molecule has 0 aliphatic carbocycles. The minimum Gasteiger partial charge on any atom is -0.0704 e. The Hall–Kier alpha value is 0.230. The number of halogens is 2. The third-order valence-corrected chi connectivity index (χ3v) is 0.940. The van der Waals surface area contributed by atoms with Crippen LogP contribution in [0.2, 0.25) is 0 Å². The molecule has 0 aromatic heterocycles. The van der Waals surface area contributed by atoms with Gasteiger partial charge in [-0.1, -0.05) is 58.4 Å². The van der Waals surface area contributed by atoms with Crippen LogP contribution >= 0.6 is 29.8 Å². The predicted molar refractivity (Wildman–Crippen MR) is 49.8 cm³/mol. The van der Waals surface area contributed by atoms with Gasteiger partial charge in [-0.05, 0) is 6.92 Å². The standard InChI is InChI=1S/C7H8.Cl2P/c1-7-5-3-2-4-6-7;1-3-2/h2-6H,1H3;. The van der Waals surface area contributed by atoms with Gasteiger partial charge >= 0.3 is 0 Å². The van der Waals surface area contributed by atoms with Crippen molar-refractivity contribution in [3.05, 3.63) is 35.9 Å². The van der Waals surface area contributed by atoms with Crippen molar-refractivity contribution in [1.82, 2.24) is 0 Å². The molecule has 0 N–H and O–H groups in total. The summed E-state index contributed by atoms with van der Waals surface area (Å²) in [5.74, 6) is 0. The molecule has 0 aliphatic rings. The number of rotatable bonds is 0. The molecule has 0 bridgehead atoms. The van der Waals surface area contributed by atoms with E-state index in [1.165, 1.54) is 5.56 Å². The van der Waals surface area contributed by atoms with Crippen LogP contribution in [0.5, 0.6) is 0 Å². The van der Waals surface area contributed by atoms with Crippen molar-refractivity contribution in [2.24, 2.45) is 0 Å². The normalized spacial score (nSPS) is 7.90. The quantitative estimate of drug-likeness (QED) is 0.542. The highest BCUT2D eigenvalue weighted by atomic mass is 35.9. The lowest BCUT2D eigenvalue weighted by Gasteiger charge is -1.82. The van der Waals surface area contributed by atoms with Crippen molar-refractivity contribution in [3.63, 3.8) is 0 Å². The van der Waals surface area contributed by atoms with Crippen LogP contribution in [-0.2, 0) is 0 Å². The summed E-state index contributed by atoms with van der Waals surface area (Å²) in [5.41, 5.74) is 1.32. The largest absolute Gasteiger partial charge is 0.141 e. The van der Waals surface area contributed by atoms with Gasteiger partial charge in [0.15, 0.2) is 0 Å². The van der Waals surface area contributed by atoms with E-state index < -0.39 is 0 Å². The van der Waals surface area contributed by atoms with Gasteiger partial charge in [-0.15, -0.1) is 0 Å². The van der Waals surface area contributed by atoms with Gasteiger partial charge in [0.1, 0.15) is 7.29 Å². The Balaban J connectivity index is 0.000000236. The molecule has 0 nitrogen and oxygen atoms in total. The summed E-state index contributed by atoms with van der Waals surface area (Å²) < 4.78 is 0. The molecule has 1 aromatic rings. The minimum atomic E-state index is 0.361. The molecule has 1 aromatic carbocycles. The molecule has 0 saturated heterocycles. The molecule has 55 valence electrons. The van der Waals surface area contributed by atoms with Crippen LogP contribution in [0.1, 0.15) is 5.56 Å². The Morgan fingerprint density at radius 3 is 1.70 bits per heavy atom. The van der Waals surface area contributed by atoms with Crippen LogP contribution in [0, 0.1) is 6.92 Å². The first-order valence-corrected chi connectivity index (χ1v) is 5.45. The predicted octanol–water partition coefficient (Wildman–Crippen LogP) is 4.24. The highest BCUT2D eigenvalue weighted by Crippen LogP contribution is 2.19. The molecule has 0 amide bonds. The van der Waals surface area contributed by atoms with Crippen LogP contribution in [0.3, 0.4) is 0 Å². The van der Waals surface area contributed by atoms with E-state index in [2.05, 4.69) is 19.1 Å². The number of aryl methyl sites for hydroxylation is 1. The van der Waals surface area contributed by atoms with Gasteiger partial charge in [0.25, 0.3) is 0 Å². The maximum Gasteiger partial charge on any atom is 0.141 e. The summed E-state index contributed by atoms with van der Waals surface area (Å²) in [4.78, 5) is 0.